The lowest BCUT2D eigenvalue weighted by Gasteiger charge is -2.05. The number of benzene rings is 3. The van der Waals surface area contributed by atoms with Gasteiger partial charge in [0.2, 0.25) is 0 Å². The minimum atomic E-state index is -0.0743. The molecule has 0 saturated carbocycles. The molecular weight excluding hydrogens is 358 g/mol. The summed E-state index contributed by atoms with van der Waals surface area (Å²) in [6.07, 6.45) is 5.84. The molecule has 0 amide bonds. The fourth-order valence-corrected chi connectivity index (χ4v) is 3.38. The summed E-state index contributed by atoms with van der Waals surface area (Å²) in [6.45, 7) is 0. The third kappa shape index (κ3) is 3.46. The number of rotatable bonds is 3. The van der Waals surface area contributed by atoms with Crippen LogP contribution >= 0.6 is 0 Å². The second kappa shape index (κ2) is 7.21. The Balaban J connectivity index is 1.58. The number of pyridine rings is 1. The molecule has 0 aliphatic carbocycles. The van der Waals surface area contributed by atoms with Crippen LogP contribution in [0, 0.1) is 0 Å². The summed E-state index contributed by atoms with van der Waals surface area (Å²) in [7, 11) is 0. The predicted octanol–water partition coefficient (Wildman–Crippen LogP) is 6.18. The van der Waals surface area contributed by atoms with Crippen molar-refractivity contribution in [2.45, 2.75) is 0 Å². The lowest BCUT2D eigenvalue weighted by Crippen LogP contribution is -2.01. The van der Waals surface area contributed by atoms with Gasteiger partial charge in [0.05, 0.1) is 5.39 Å². The quantitative estimate of drug-likeness (QED) is 0.354. The van der Waals surface area contributed by atoms with E-state index in [1.165, 1.54) is 6.07 Å². The van der Waals surface area contributed by atoms with Crippen molar-refractivity contribution in [1.82, 2.24) is 4.98 Å². The molecule has 2 heterocycles. The van der Waals surface area contributed by atoms with Gasteiger partial charge in [-0.05, 0) is 34.7 Å². The van der Waals surface area contributed by atoms with Gasteiger partial charge in [-0.3, -0.25) is 9.78 Å². The Hall–Kier alpha value is -3.98. The molecule has 0 atom stereocenters. The molecule has 0 bridgehead atoms. The largest absolute Gasteiger partial charge is 0.454 e. The summed E-state index contributed by atoms with van der Waals surface area (Å²) in [6, 6.07) is 27.1. The fourth-order valence-electron chi connectivity index (χ4n) is 3.38. The van der Waals surface area contributed by atoms with E-state index in [-0.39, 0.29) is 5.43 Å². The number of fused-ring (bicyclic) bond motifs is 2. The van der Waals surface area contributed by atoms with Crippen molar-refractivity contribution >= 4 is 33.9 Å². The molecule has 0 unspecified atom stereocenters. The molecular formula is C26H17NO2. The van der Waals surface area contributed by atoms with Gasteiger partial charge in [-0.1, -0.05) is 72.8 Å². The van der Waals surface area contributed by atoms with Crippen molar-refractivity contribution in [2.75, 3.05) is 0 Å². The number of aromatic nitrogens is 1. The van der Waals surface area contributed by atoms with Crippen LogP contribution in [0.25, 0.3) is 45.3 Å². The third-order valence-electron chi connectivity index (χ3n) is 4.90. The molecule has 0 N–H and O–H groups in total. The van der Waals surface area contributed by atoms with E-state index in [0.29, 0.717) is 22.4 Å². The van der Waals surface area contributed by atoms with Gasteiger partial charge in [0.15, 0.2) is 11.2 Å². The van der Waals surface area contributed by atoms with Crippen molar-refractivity contribution in [2.24, 2.45) is 0 Å². The molecule has 3 aromatic carbocycles. The molecule has 29 heavy (non-hydrogen) atoms. The van der Waals surface area contributed by atoms with Crippen molar-refractivity contribution in [3.63, 3.8) is 0 Å². The summed E-state index contributed by atoms with van der Waals surface area (Å²) >= 11 is 0. The average Bonchev–Trinajstić information content (AvgIpc) is 2.78. The van der Waals surface area contributed by atoms with Crippen LogP contribution in [0.4, 0.5) is 0 Å². The van der Waals surface area contributed by atoms with Crippen LogP contribution in [-0.2, 0) is 0 Å². The standard InChI is InChI=1S/C26H17NO2/c28-24-16-26(23-15-20-8-4-5-9-21(20)17-27-23)29-25-14-19(12-13-22(24)25)11-10-18-6-2-1-3-7-18/h1-17H/b11-10+. The topological polar surface area (TPSA) is 43.1 Å². The van der Waals surface area contributed by atoms with Gasteiger partial charge in [-0.2, -0.15) is 0 Å². The molecule has 0 aliphatic heterocycles. The Morgan fingerprint density at radius 2 is 1.48 bits per heavy atom. The van der Waals surface area contributed by atoms with Crippen LogP contribution in [0.15, 0.2) is 100 Å². The maximum atomic E-state index is 12.6. The highest BCUT2D eigenvalue weighted by Crippen LogP contribution is 2.24. The maximum Gasteiger partial charge on any atom is 0.193 e. The zero-order chi connectivity index (χ0) is 19.6. The van der Waals surface area contributed by atoms with Crippen molar-refractivity contribution in [1.29, 1.82) is 0 Å². The molecule has 0 saturated heterocycles. The van der Waals surface area contributed by atoms with Gasteiger partial charge in [0.25, 0.3) is 0 Å². The number of nitrogens with zero attached hydrogens (tertiary/aromatic N) is 1. The first-order valence-electron chi connectivity index (χ1n) is 9.42. The van der Waals surface area contributed by atoms with Crippen molar-refractivity contribution < 1.29 is 4.42 Å². The monoisotopic (exact) mass is 375 g/mol. The van der Waals surface area contributed by atoms with Gasteiger partial charge in [-0.25, -0.2) is 0 Å². The Labute approximate surface area is 167 Å². The normalized spacial score (nSPS) is 11.4. The lowest BCUT2D eigenvalue weighted by molar-refractivity contribution is 0.616. The van der Waals surface area contributed by atoms with Gasteiger partial charge >= 0.3 is 0 Å². The lowest BCUT2D eigenvalue weighted by atomic mass is 10.1. The molecule has 0 radical (unpaired) electrons. The summed E-state index contributed by atoms with van der Waals surface area (Å²) in [5.41, 5.74) is 3.21. The van der Waals surface area contributed by atoms with Gasteiger partial charge in [-0.15, -0.1) is 0 Å². The number of hydrogen-bond donors (Lipinski definition) is 0. The minimum Gasteiger partial charge on any atom is -0.454 e. The average molecular weight is 375 g/mol. The zero-order valence-electron chi connectivity index (χ0n) is 15.6. The molecule has 2 aromatic heterocycles. The van der Waals surface area contributed by atoms with Gasteiger partial charge < -0.3 is 4.42 Å². The van der Waals surface area contributed by atoms with E-state index in [4.69, 9.17) is 4.42 Å². The molecule has 0 fully saturated rings. The SMILES string of the molecule is O=c1cc(-c2cc3ccccc3cn2)oc2cc(/C=C/c3ccccc3)ccc12. The van der Waals surface area contributed by atoms with E-state index in [1.54, 1.807) is 6.20 Å². The Morgan fingerprint density at radius 1 is 0.724 bits per heavy atom. The van der Waals surface area contributed by atoms with E-state index in [1.807, 2.05) is 91.0 Å². The molecule has 3 heteroatoms. The molecule has 138 valence electrons. The molecule has 0 spiro atoms. The first-order chi connectivity index (χ1) is 14.3. The highest BCUT2D eigenvalue weighted by atomic mass is 16.3. The maximum absolute atomic E-state index is 12.6. The van der Waals surface area contributed by atoms with Crippen LogP contribution in [0.1, 0.15) is 11.1 Å². The van der Waals surface area contributed by atoms with Crippen LogP contribution in [0.5, 0.6) is 0 Å². The highest BCUT2D eigenvalue weighted by molar-refractivity contribution is 5.86. The Kier molecular flexibility index (Phi) is 4.26. The third-order valence-corrected chi connectivity index (χ3v) is 4.90. The van der Waals surface area contributed by atoms with E-state index in [2.05, 4.69) is 4.98 Å². The van der Waals surface area contributed by atoms with Crippen molar-refractivity contribution in [3.8, 4) is 11.5 Å². The first-order valence-corrected chi connectivity index (χ1v) is 9.42. The summed E-state index contributed by atoms with van der Waals surface area (Å²) in [5.74, 6) is 0.470. The summed E-state index contributed by atoms with van der Waals surface area (Å²) < 4.78 is 6.07. The smallest absolute Gasteiger partial charge is 0.193 e. The molecule has 3 nitrogen and oxygen atoms in total. The van der Waals surface area contributed by atoms with E-state index in [0.717, 1.165) is 21.9 Å². The zero-order valence-corrected chi connectivity index (χ0v) is 15.6. The molecule has 5 rings (SSSR count). The Morgan fingerprint density at radius 3 is 2.34 bits per heavy atom. The Bertz CT molecular complexity index is 1420. The summed E-state index contributed by atoms with van der Waals surface area (Å²) in [5, 5.41) is 2.67. The van der Waals surface area contributed by atoms with Crippen LogP contribution in [0.2, 0.25) is 0 Å². The van der Waals surface area contributed by atoms with Crippen LogP contribution in [-0.4, -0.2) is 4.98 Å². The second-order valence-electron chi connectivity index (χ2n) is 6.89. The van der Waals surface area contributed by atoms with Gasteiger partial charge in [0, 0.05) is 17.6 Å². The highest BCUT2D eigenvalue weighted by Gasteiger charge is 2.09. The van der Waals surface area contributed by atoms with Crippen molar-refractivity contribution in [3.05, 3.63) is 112 Å². The van der Waals surface area contributed by atoms with E-state index >= 15 is 0 Å². The molecule has 0 aliphatic rings. The van der Waals surface area contributed by atoms with Gasteiger partial charge in [0.1, 0.15) is 11.3 Å². The first kappa shape index (κ1) is 17.1. The summed E-state index contributed by atoms with van der Waals surface area (Å²) in [4.78, 5) is 17.1. The van der Waals surface area contributed by atoms with Crippen LogP contribution < -0.4 is 5.43 Å². The second-order valence-corrected chi connectivity index (χ2v) is 6.89. The van der Waals surface area contributed by atoms with Crippen LogP contribution in [0.3, 0.4) is 0 Å². The predicted molar refractivity (Wildman–Crippen MR) is 119 cm³/mol. The minimum absolute atomic E-state index is 0.0743. The number of hydrogen-bond acceptors (Lipinski definition) is 3. The fraction of sp³-hybridized carbons (Fsp3) is 0. The van der Waals surface area contributed by atoms with E-state index < -0.39 is 0 Å². The molecule has 5 aromatic rings. The van der Waals surface area contributed by atoms with E-state index in [9.17, 15) is 4.79 Å².